The largest absolute Gasteiger partial charge is 0.356 e. The third kappa shape index (κ3) is 3.53. The van der Waals surface area contributed by atoms with Crippen molar-refractivity contribution in [2.75, 3.05) is 6.54 Å². The summed E-state index contributed by atoms with van der Waals surface area (Å²) >= 11 is 0. The number of nitrogens with one attached hydrogen (secondary N) is 1. The zero-order chi connectivity index (χ0) is 13.0. The van der Waals surface area contributed by atoms with Gasteiger partial charge in [-0.15, -0.1) is 0 Å². The summed E-state index contributed by atoms with van der Waals surface area (Å²) in [7, 11) is 0. The topological polar surface area (TPSA) is 55.1 Å². The second kappa shape index (κ2) is 5.48. The molecule has 1 aromatic rings. The normalized spacial score (nSPS) is 17.0. The van der Waals surface area contributed by atoms with Gasteiger partial charge in [-0.1, -0.05) is 12.1 Å². The molecule has 0 atom stereocenters. The quantitative estimate of drug-likeness (QED) is 0.836. The number of halogens is 1. The summed E-state index contributed by atoms with van der Waals surface area (Å²) < 4.78 is 12.9. The van der Waals surface area contributed by atoms with E-state index in [1.165, 1.54) is 12.1 Å². The van der Waals surface area contributed by atoms with Gasteiger partial charge in [0.15, 0.2) is 0 Å². The van der Waals surface area contributed by atoms with Crippen molar-refractivity contribution in [1.82, 2.24) is 5.32 Å². The molecule has 3 N–H and O–H groups in total. The molecule has 1 aromatic carbocycles. The Morgan fingerprint density at radius 2 is 2.22 bits per heavy atom. The first-order chi connectivity index (χ1) is 8.57. The highest BCUT2D eigenvalue weighted by Gasteiger charge is 2.34. The molecule has 18 heavy (non-hydrogen) atoms. The predicted octanol–water partition coefficient (Wildman–Crippen LogP) is 1.76. The zero-order valence-corrected chi connectivity index (χ0v) is 10.4. The lowest BCUT2D eigenvalue weighted by atomic mass is 9.75. The molecule has 0 bridgehead atoms. The first kappa shape index (κ1) is 13.0. The van der Waals surface area contributed by atoms with Crippen molar-refractivity contribution in [1.29, 1.82) is 0 Å². The van der Waals surface area contributed by atoms with Crippen LogP contribution in [0, 0.1) is 5.82 Å². The second-order valence-electron chi connectivity index (χ2n) is 5.12. The van der Waals surface area contributed by atoms with Crippen molar-refractivity contribution in [3.63, 3.8) is 0 Å². The van der Waals surface area contributed by atoms with Crippen LogP contribution in [0.25, 0.3) is 0 Å². The van der Waals surface area contributed by atoms with Crippen molar-refractivity contribution < 1.29 is 9.18 Å². The Hall–Kier alpha value is -1.42. The number of amides is 1. The second-order valence-corrected chi connectivity index (χ2v) is 5.12. The van der Waals surface area contributed by atoms with Crippen LogP contribution >= 0.6 is 0 Å². The van der Waals surface area contributed by atoms with E-state index in [1.807, 2.05) is 6.07 Å². The maximum atomic E-state index is 12.9. The first-order valence-electron chi connectivity index (χ1n) is 6.37. The fourth-order valence-electron chi connectivity index (χ4n) is 2.23. The highest BCUT2D eigenvalue weighted by molar-refractivity contribution is 5.77. The van der Waals surface area contributed by atoms with Crippen molar-refractivity contribution in [2.45, 2.75) is 37.6 Å². The average molecular weight is 250 g/mol. The van der Waals surface area contributed by atoms with Crippen LogP contribution in [0.15, 0.2) is 24.3 Å². The van der Waals surface area contributed by atoms with Gasteiger partial charge in [0.05, 0.1) is 0 Å². The molecule has 3 nitrogen and oxygen atoms in total. The molecule has 98 valence electrons. The summed E-state index contributed by atoms with van der Waals surface area (Å²) in [5.74, 6) is -0.247. The van der Waals surface area contributed by atoms with Crippen LogP contribution in [-0.2, 0) is 11.2 Å². The molecule has 2 rings (SSSR count). The molecule has 4 heteroatoms. The van der Waals surface area contributed by atoms with Crippen molar-refractivity contribution in [3.8, 4) is 0 Å². The Morgan fingerprint density at radius 3 is 2.83 bits per heavy atom. The smallest absolute Gasteiger partial charge is 0.221 e. The Balaban J connectivity index is 1.70. The van der Waals surface area contributed by atoms with E-state index in [4.69, 9.17) is 5.73 Å². The standard InChI is InChI=1S/C14H19FN2O/c15-12-4-1-3-11(9-12)5-8-17-13(18)10-14(16)6-2-7-14/h1,3-4,9H,2,5-8,10,16H2,(H,17,18). The summed E-state index contributed by atoms with van der Waals surface area (Å²) in [6.07, 6.45) is 4.03. The molecule has 0 heterocycles. The highest BCUT2D eigenvalue weighted by atomic mass is 19.1. The van der Waals surface area contributed by atoms with E-state index in [1.54, 1.807) is 6.07 Å². The van der Waals surface area contributed by atoms with Crippen LogP contribution in [-0.4, -0.2) is 18.0 Å². The van der Waals surface area contributed by atoms with E-state index in [9.17, 15) is 9.18 Å². The Kier molecular flexibility index (Phi) is 3.97. The van der Waals surface area contributed by atoms with E-state index >= 15 is 0 Å². The molecule has 0 unspecified atom stereocenters. The van der Waals surface area contributed by atoms with Gasteiger partial charge in [0.2, 0.25) is 5.91 Å². The third-order valence-corrected chi connectivity index (χ3v) is 3.49. The van der Waals surface area contributed by atoms with E-state index in [2.05, 4.69) is 5.32 Å². The molecular weight excluding hydrogens is 231 g/mol. The van der Waals surface area contributed by atoms with Crippen molar-refractivity contribution >= 4 is 5.91 Å². The summed E-state index contributed by atoms with van der Waals surface area (Å²) in [4.78, 5) is 11.6. The van der Waals surface area contributed by atoms with E-state index in [0.717, 1.165) is 24.8 Å². The van der Waals surface area contributed by atoms with Gasteiger partial charge in [-0.2, -0.15) is 0 Å². The molecule has 0 aliphatic heterocycles. The lowest BCUT2D eigenvalue weighted by Gasteiger charge is -2.37. The van der Waals surface area contributed by atoms with Crippen molar-refractivity contribution in [3.05, 3.63) is 35.6 Å². The molecule has 0 aromatic heterocycles. The lowest BCUT2D eigenvalue weighted by molar-refractivity contribution is -0.122. The van der Waals surface area contributed by atoms with Gasteiger partial charge in [0.25, 0.3) is 0 Å². The van der Waals surface area contributed by atoms with Crippen LogP contribution in [0.4, 0.5) is 4.39 Å². The third-order valence-electron chi connectivity index (χ3n) is 3.49. The Bertz CT molecular complexity index is 430. The Morgan fingerprint density at radius 1 is 1.44 bits per heavy atom. The number of nitrogens with two attached hydrogens (primary N) is 1. The van der Waals surface area contributed by atoms with Gasteiger partial charge in [0.1, 0.15) is 5.82 Å². The van der Waals surface area contributed by atoms with Crippen LogP contribution in [0.1, 0.15) is 31.2 Å². The minimum Gasteiger partial charge on any atom is -0.356 e. The minimum atomic E-state index is -0.275. The van der Waals surface area contributed by atoms with Gasteiger partial charge >= 0.3 is 0 Å². The molecule has 0 radical (unpaired) electrons. The van der Waals surface area contributed by atoms with E-state index < -0.39 is 0 Å². The molecule has 1 saturated carbocycles. The highest BCUT2D eigenvalue weighted by Crippen LogP contribution is 2.31. The molecular formula is C14H19FN2O. The van der Waals surface area contributed by atoms with Crippen LogP contribution in [0.2, 0.25) is 0 Å². The monoisotopic (exact) mass is 250 g/mol. The zero-order valence-electron chi connectivity index (χ0n) is 10.4. The molecule has 1 amide bonds. The molecule has 1 aliphatic carbocycles. The van der Waals surface area contributed by atoms with Crippen LogP contribution in [0.5, 0.6) is 0 Å². The number of carbonyl (C=O) groups excluding carboxylic acids is 1. The van der Waals surface area contributed by atoms with Gasteiger partial charge in [0, 0.05) is 18.5 Å². The summed E-state index contributed by atoms with van der Waals surface area (Å²) in [6, 6.07) is 6.43. The average Bonchev–Trinajstić information content (AvgIpc) is 2.27. The summed E-state index contributed by atoms with van der Waals surface area (Å²) in [5.41, 5.74) is 6.61. The summed E-state index contributed by atoms with van der Waals surface area (Å²) in [6.45, 7) is 0.526. The van der Waals surface area contributed by atoms with Crippen LogP contribution in [0.3, 0.4) is 0 Å². The molecule has 1 aliphatic rings. The van der Waals surface area contributed by atoms with Crippen molar-refractivity contribution in [2.24, 2.45) is 5.73 Å². The van der Waals surface area contributed by atoms with E-state index in [0.29, 0.717) is 19.4 Å². The maximum Gasteiger partial charge on any atom is 0.221 e. The summed E-state index contributed by atoms with van der Waals surface area (Å²) in [5, 5.41) is 2.83. The SMILES string of the molecule is NC1(CC(=O)NCCc2cccc(F)c2)CCC1. The van der Waals surface area contributed by atoms with Gasteiger partial charge in [-0.3, -0.25) is 4.79 Å². The molecule has 0 spiro atoms. The Labute approximate surface area is 107 Å². The minimum absolute atomic E-state index is 0.00592. The molecule has 0 saturated heterocycles. The number of hydrogen-bond acceptors (Lipinski definition) is 2. The molecule has 1 fully saturated rings. The number of benzene rings is 1. The number of carbonyl (C=O) groups is 1. The fraction of sp³-hybridized carbons (Fsp3) is 0.500. The van der Waals surface area contributed by atoms with Crippen LogP contribution < -0.4 is 11.1 Å². The fourth-order valence-corrected chi connectivity index (χ4v) is 2.23. The van der Waals surface area contributed by atoms with E-state index in [-0.39, 0.29) is 17.3 Å². The number of rotatable bonds is 5. The lowest BCUT2D eigenvalue weighted by Crippen LogP contribution is -2.50. The maximum absolute atomic E-state index is 12.9. The van der Waals surface area contributed by atoms with Gasteiger partial charge in [-0.25, -0.2) is 4.39 Å². The number of hydrogen-bond donors (Lipinski definition) is 2. The van der Waals surface area contributed by atoms with Gasteiger partial charge in [-0.05, 0) is 43.4 Å². The van der Waals surface area contributed by atoms with Gasteiger partial charge < -0.3 is 11.1 Å². The predicted molar refractivity (Wildman–Crippen MR) is 68.5 cm³/mol. The first-order valence-corrected chi connectivity index (χ1v) is 6.37.